The molecular formula is C19H16F5NO4. The number of carbonyl (C=O) groups is 1. The number of nitrogens with zero attached hydrogens (tertiary/aromatic N) is 1. The first kappa shape index (κ1) is 21.0. The summed E-state index contributed by atoms with van der Waals surface area (Å²) in [5.74, 6) is -2.97. The van der Waals surface area contributed by atoms with Crippen molar-refractivity contribution < 1.29 is 41.3 Å². The minimum atomic E-state index is -4.91. The molecule has 0 aliphatic carbocycles. The number of aliphatic hydroxyl groups excluding tert-OH is 1. The fraction of sp³-hybridized carbons (Fsp3) is 0.368. The Bertz CT molecular complexity index is 932. The van der Waals surface area contributed by atoms with E-state index in [1.54, 1.807) is 6.92 Å². The third-order valence-corrected chi connectivity index (χ3v) is 4.42. The third-order valence-electron chi connectivity index (χ3n) is 4.42. The van der Waals surface area contributed by atoms with E-state index in [4.69, 9.17) is 9.47 Å². The highest BCUT2D eigenvalue weighted by atomic mass is 19.4. The van der Waals surface area contributed by atoms with Gasteiger partial charge >= 0.3 is 12.1 Å². The molecule has 2 unspecified atom stereocenters. The van der Waals surface area contributed by atoms with Gasteiger partial charge in [-0.3, -0.25) is 0 Å². The summed E-state index contributed by atoms with van der Waals surface area (Å²) >= 11 is 0. The molecule has 0 saturated heterocycles. The average molecular weight is 417 g/mol. The topological polar surface area (TPSA) is 68.7 Å². The lowest BCUT2D eigenvalue weighted by atomic mass is 9.92. The second-order valence-corrected chi connectivity index (χ2v) is 6.36. The molecule has 2 aromatic rings. The SMILES string of the molecule is CCOC(=O)c1cc(-c2ccc(F)cc2F)c2c(n1)OC(C(O)C(F)(F)F)CC2. The van der Waals surface area contributed by atoms with E-state index in [1.807, 2.05) is 0 Å². The molecule has 0 bridgehead atoms. The second-order valence-electron chi connectivity index (χ2n) is 6.36. The van der Waals surface area contributed by atoms with E-state index < -0.39 is 36.0 Å². The van der Waals surface area contributed by atoms with Crippen LogP contribution >= 0.6 is 0 Å². The number of benzene rings is 1. The van der Waals surface area contributed by atoms with Crippen molar-refractivity contribution in [2.45, 2.75) is 38.1 Å². The number of esters is 1. The van der Waals surface area contributed by atoms with Crippen molar-refractivity contribution in [1.29, 1.82) is 0 Å². The van der Waals surface area contributed by atoms with Gasteiger partial charge in [0.05, 0.1) is 6.61 Å². The molecule has 5 nitrogen and oxygen atoms in total. The van der Waals surface area contributed by atoms with E-state index in [0.29, 0.717) is 6.07 Å². The fourth-order valence-electron chi connectivity index (χ4n) is 3.07. The maximum atomic E-state index is 14.3. The lowest BCUT2D eigenvalue weighted by molar-refractivity contribution is -0.228. The molecule has 0 fully saturated rings. The number of fused-ring (bicyclic) bond motifs is 1. The minimum Gasteiger partial charge on any atom is -0.471 e. The Morgan fingerprint density at radius 2 is 2.03 bits per heavy atom. The normalized spacial score (nSPS) is 17.3. The second kappa shape index (κ2) is 7.94. The number of pyridine rings is 1. The maximum Gasteiger partial charge on any atom is 0.418 e. The lowest BCUT2D eigenvalue weighted by Crippen LogP contribution is -2.44. The van der Waals surface area contributed by atoms with Crippen molar-refractivity contribution in [1.82, 2.24) is 4.98 Å². The molecule has 0 spiro atoms. The first-order valence-corrected chi connectivity index (χ1v) is 8.69. The van der Waals surface area contributed by atoms with Gasteiger partial charge in [-0.05, 0) is 43.5 Å². The van der Waals surface area contributed by atoms with Crippen LogP contribution in [-0.2, 0) is 11.2 Å². The Kier molecular flexibility index (Phi) is 5.74. The highest BCUT2D eigenvalue weighted by Gasteiger charge is 2.46. The molecule has 1 aliphatic heterocycles. The van der Waals surface area contributed by atoms with Gasteiger partial charge in [0.2, 0.25) is 5.88 Å². The van der Waals surface area contributed by atoms with Crippen LogP contribution in [0.2, 0.25) is 0 Å². The average Bonchev–Trinajstić information content (AvgIpc) is 2.65. The Hall–Kier alpha value is -2.75. The smallest absolute Gasteiger partial charge is 0.418 e. The summed E-state index contributed by atoms with van der Waals surface area (Å²) < 4.78 is 76.2. The molecule has 0 saturated carbocycles. The molecule has 0 amide bonds. The fourth-order valence-corrected chi connectivity index (χ4v) is 3.07. The molecule has 1 aliphatic rings. The molecule has 1 N–H and O–H groups in total. The molecule has 156 valence electrons. The van der Waals surface area contributed by atoms with Crippen LogP contribution in [-0.4, -0.2) is 41.1 Å². The van der Waals surface area contributed by atoms with E-state index in [-0.39, 0.29) is 47.7 Å². The molecule has 3 rings (SSSR count). The molecular weight excluding hydrogens is 401 g/mol. The van der Waals surface area contributed by atoms with Crippen LogP contribution in [0, 0.1) is 11.6 Å². The molecule has 10 heteroatoms. The highest BCUT2D eigenvalue weighted by molar-refractivity contribution is 5.90. The number of aliphatic hydroxyl groups is 1. The van der Waals surface area contributed by atoms with Crippen LogP contribution in [0.15, 0.2) is 24.3 Å². The van der Waals surface area contributed by atoms with Crippen molar-refractivity contribution in [3.8, 4) is 17.0 Å². The van der Waals surface area contributed by atoms with Gasteiger partial charge in [0.15, 0.2) is 11.8 Å². The van der Waals surface area contributed by atoms with Crippen LogP contribution < -0.4 is 4.74 Å². The summed E-state index contributed by atoms with van der Waals surface area (Å²) in [4.78, 5) is 16.0. The van der Waals surface area contributed by atoms with Gasteiger partial charge in [0.1, 0.15) is 17.7 Å². The molecule has 0 radical (unpaired) electrons. The largest absolute Gasteiger partial charge is 0.471 e. The number of hydrogen-bond donors (Lipinski definition) is 1. The van der Waals surface area contributed by atoms with Gasteiger partial charge in [-0.2, -0.15) is 13.2 Å². The van der Waals surface area contributed by atoms with Gasteiger partial charge in [0.25, 0.3) is 0 Å². The number of aromatic nitrogens is 1. The molecule has 1 aromatic carbocycles. The van der Waals surface area contributed by atoms with E-state index >= 15 is 0 Å². The maximum absolute atomic E-state index is 14.3. The molecule has 2 atom stereocenters. The zero-order valence-corrected chi connectivity index (χ0v) is 15.1. The van der Waals surface area contributed by atoms with Crippen molar-refractivity contribution in [2.24, 2.45) is 0 Å². The Morgan fingerprint density at radius 3 is 2.66 bits per heavy atom. The Labute approximate surface area is 162 Å². The predicted molar refractivity (Wildman–Crippen MR) is 90.3 cm³/mol. The van der Waals surface area contributed by atoms with E-state index in [2.05, 4.69) is 4.98 Å². The van der Waals surface area contributed by atoms with Crippen LogP contribution in [0.3, 0.4) is 0 Å². The van der Waals surface area contributed by atoms with Gasteiger partial charge < -0.3 is 14.6 Å². The summed E-state index contributed by atoms with van der Waals surface area (Å²) in [5, 5.41) is 9.49. The van der Waals surface area contributed by atoms with Crippen LogP contribution in [0.5, 0.6) is 5.88 Å². The lowest BCUT2D eigenvalue weighted by Gasteiger charge is -2.31. The van der Waals surface area contributed by atoms with Crippen molar-refractivity contribution in [2.75, 3.05) is 6.61 Å². The molecule has 1 aromatic heterocycles. The van der Waals surface area contributed by atoms with Gasteiger partial charge in [-0.15, -0.1) is 0 Å². The number of halogens is 5. The van der Waals surface area contributed by atoms with Crippen LogP contribution in [0.4, 0.5) is 22.0 Å². The van der Waals surface area contributed by atoms with Crippen molar-refractivity contribution in [3.63, 3.8) is 0 Å². The zero-order chi connectivity index (χ0) is 21.3. The van der Waals surface area contributed by atoms with Crippen LogP contribution in [0.25, 0.3) is 11.1 Å². The minimum absolute atomic E-state index is 0.00805. The Morgan fingerprint density at radius 1 is 1.31 bits per heavy atom. The number of ether oxygens (including phenoxy) is 2. The molecule has 2 heterocycles. The first-order chi connectivity index (χ1) is 13.6. The summed E-state index contributed by atoms with van der Waals surface area (Å²) in [6, 6.07) is 4.02. The number of alkyl halides is 3. The predicted octanol–water partition coefficient (Wildman–Crippen LogP) is 3.82. The standard InChI is InChI=1S/C19H16F5NO4/c1-2-28-18(27)14-8-12(10-4-3-9(20)7-13(10)21)11-5-6-15(29-17(11)25-14)16(26)19(22,23)24/h3-4,7-8,15-16,26H,2,5-6H2,1H3. The van der Waals surface area contributed by atoms with E-state index in [9.17, 15) is 31.9 Å². The van der Waals surface area contributed by atoms with Crippen LogP contribution in [0.1, 0.15) is 29.4 Å². The van der Waals surface area contributed by atoms with Gasteiger partial charge in [-0.25, -0.2) is 18.6 Å². The number of hydrogen-bond acceptors (Lipinski definition) is 5. The monoisotopic (exact) mass is 417 g/mol. The quantitative estimate of drug-likeness (QED) is 0.605. The summed E-state index contributed by atoms with van der Waals surface area (Å²) in [6.45, 7) is 1.55. The zero-order valence-electron chi connectivity index (χ0n) is 15.1. The number of carbonyl (C=O) groups excluding carboxylic acids is 1. The first-order valence-electron chi connectivity index (χ1n) is 8.69. The summed E-state index contributed by atoms with van der Waals surface area (Å²) in [7, 11) is 0. The van der Waals surface area contributed by atoms with Crippen molar-refractivity contribution >= 4 is 5.97 Å². The Balaban J connectivity index is 2.10. The van der Waals surface area contributed by atoms with E-state index in [0.717, 1.165) is 12.1 Å². The van der Waals surface area contributed by atoms with Crippen molar-refractivity contribution in [3.05, 3.63) is 47.2 Å². The van der Waals surface area contributed by atoms with Gasteiger partial charge in [-0.1, -0.05) is 0 Å². The summed E-state index contributed by atoms with van der Waals surface area (Å²) in [5.41, 5.74) is -0.0230. The summed E-state index contributed by atoms with van der Waals surface area (Å²) in [6.07, 6.45) is -9.56. The third kappa shape index (κ3) is 4.31. The van der Waals surface area contributed by atoms with Gasteiger partial charge in [0, 0.05) is 17.2 Å². The molecule has 29 heavy (non-hydrogen) atoms. The van der Waals surface area contributed by atoms with E-state index in [1.165, 1.54) is 6.07 Å². The highest BCUT2D eigenvalue weighted by Crippen LogP contribution is 2.39. The number of rotatable bonds is 4.